The van der Waals surface area contributed by atoms with E-state index in [1.54, 1.807) is 6.92 Å². The Morgan fingerprint density at radius 1 is 1.75 bits per heavy atom. The van der Waals surface area contributed by atoms with Crippen molar-refractivity contribution in [1.82, 2.24) is 0 Å². The largest absolute Gasteiger partial charge is 0.481 e. The second-order valence-corrected chi connectivity index (χ2v) is 3.53. The van der Waals surface area contributed by atoms with Crippen LogP contribution in [-0.2, 0) is 9.59 Å². The number of Topliss-reactive ketones (excluding diaryl/α,β-unsaturated/α-hetero) is 1. The highest BCUT2D eigenvalue weighted by atomic mass is 16.4. The van der Waals surface area contributed by atoms with E-state index < -0.39 is 5.97 Å². The number of carboxylic acids is 1. The normalized spacial score (nSPS) is 25.8. The lowest BCUT2D eigenvalue weighted by molar-refractivity contribution is -0.141. The Morgan fingerprint density at radius 2 is 2.42 bits per heavy atom. The molecule has 2 atom stereocenters. The van der Waals surface area contributed by atoms with Gasteiger partial charge in [0.15, 0.2) is 0 Å². The van der Waals surface area contributed by atoms with Crippen molar-refractivity contribution in [3.8, 4) is 0 Å². The molecule has 0 radical (unpaired) electrons. The van der Waals surface area contributed by atoms with Gasteiger partial charge in [0.2, 0.25) is 0 Å². The third-order valence-corrected chi connectivity index (χ3v) is 2.49. The Kier molecular flexibility index (Phi) is 2.84. The number of rotatable bonds is 3. The van der Waals surface area contributed by atoms with E-state index >= 15 is 0 Å². The first-order valence-corrected chi connectivity index (χ1v) is 4.36. The molecule has 0 aromatic carbocycles. The molecule has 0 aromatic heterocycles. The van der Waals surface area contributed by atoms with Crippen molar-refractivity contribution in [2.45, 2.75) is 32.6 Å². The van der Waals surface area contributed by atoms with Crippen LogP contribution in [-0.4, -0.2) is 16.9 Å². The third-order valence-electron chi connectivity index (χ3n) is 2.49. The average Bonchev–Trinajstić information content (AvgIpc) is 2.36. The summed E-state index contributed by atoms with van der Waals surface area (Å²) in [5, 5.41) is 8.62. The van der Waals surface area contributed by atoms with Gasteiger partial charge in [0, 0.05) is 12.3 Å². The molecule has 3 heteroatoms. The van der Waals surface area contributed by atoms with Gasteiger partial charge in [-0.15, -0.1) is 0 Å². The summed E-state index contributed by atoms with van der Waals surface area (Å²) in [6.07, 6.45) is 3.00. The second-order valence-electron chi connectivity index (χ2n) is 3.53. The molecule has 0 aromatic rings. The zero-order chi connectivity index (χ0) is 9.14. The fraction of sp³-hybridized carbons (Fsp3) is 0.778. The van der Waals surface area contributed by atoms with Gasteiger partial charge in [0.1, 0.15) is 5.78 Å². The Morgan fingerprint density at radius 3 is 2.83 bits per heavy atom. The Bertz CT molecular complexity index is 198. The van der Waals surface area contributed by atoms with Crippen LogP contribution in [0.25, 0.3) is 0 Å². The van der Waals surface area contributed by atoms with Crippen molar-refractivity contribution < 1.29 is 14.7 Å². The molecule has 68 valence electrons. The van der Waals surface area contributed by atoms with Crippen LogP contribution in [0.3, 0.4) is 0 Å². The van der Waals surface area contributed by atoms with Gasteiger partial charge < -0.3 is 5.11 Å². The quantitative estimate of drug-likeness (QED) is 0.697. The predicted octanol–water partition coefficient (Wildman–Crippen LogP) is 1.47. The van der Waals surface area contributed by atoms with Crippen molar-refractivity contribution >= 4 is 11.8 Å². The summed E-state index contributed by atoms with van der Waals surface area (Å²) in [4.78, 5) is 21.6. The lowest BCUT2D eigenvalue weighted by Crippen LogP contribution is -2.17. The van der Waals surface area contributed by atoms with Gasteiger partial charge in [-0.05, 0) is 19.3 Å². The molecule has 12 heavy (non-hydrogen) atoms. The molecule has 1 rings (SSSR count). The van der Waals surface area contributed by atoms with Crippen LogP contribution in [0.1, 0.15) is 32.6 Å². The summed E-state index contributed by atoms with van der Waals surface area (Å²) < 4.78 is 0. The fourth-order valence-electron chi connectivity index (χ4n) is 1.66. The molecule has 3 nitrogen and oxygen atoms in total. The first-order chi connectivity index (χ1) is 5.61. The SMILES string of the molecule is CC(CC1CCCC1=O)C(=O)O. The Balaban J connectivity index is 2.40. The summed E-state index contributed by atoms with van der Waals surface area (Å²) in [7, 11) is 0. The van der Waals surface area contributed by atoms with Gasteiger partial charge in [0.05, 0.1) is 5.92 Å². The molecular formula is C9H14O3. The highest BCUT2D eigenvalue weighted by Gasteiger charge is 2.27. The van der Waals surface area contributed by atoms with Gasteiger partial charge in [-0.2, -0.15) is 0 Å². The second kappa shape index (κ2) is 3.70. The van der Waals surface area contributed by atoms with Crippen molar-refractivity contribution in [2.24, 2.45) is 11.8 Å². The summed E-state index contributed by atoms with van der Waals surface area (Å²) in [6, 6.07) is 0. The Hall–Kier alpha value is -0.860. The van der Waals surface area contributed by atoms with E-state index in [1.165, 1.54) is 0 Å². The number of hydrogen-bond acceptors (Lipinski definition) is 2. The van der Waals surface area contributed by atoms with Gasteiger partial charge in [0.25, 0.3) is 0 Å². The molecule has 0 aliphatic heterocycles. The lowest BCUT2D eigenvalue weighted by atomic mass is 9.94. The molecule has 0 spiro atoms. The van der Waals surface area contributed by atoms with Crippen LogP contribution in [0.15, 0.2) is 0 Å². The fourth-order valence-corrected chi connectivity index (χ4v) is 1.66. The molecule has 1 saturated carbocycles. The molecular weight excluding hydrogens is 156 g/mol. The van der Waals surface area contributed by atoms with Gasteiger partial charge in [-0.1, -0.05) is 6.92 Å². The number of aliphatic carboxylic acids is 1. The van der Waals surface area contributed by atoms with E-state index in [9.17, 15) is 9.59 Å². The van der Waals surface area contributed by atoms with Crippen molar-refractivity contribution in [1.29, 1.82) is 0 Å². The maximum absolute atomic E-state index is 11.1. The van der Waals surface area contributed by atoms with Crippen LogP contribution < -0.4 is 0 Å². The third kappa shape index (κ3) is 2.06. The minimum absolute atomic E-state index is 0.0242. The maximum Gasteiger partial charge on any atom is 0.306 e. The molecule has 1 N–H and O–H groups in total. The summed E-state index contributed by atoms with van der Waals surface area (Å²) in [5.74, 6) is -0.897. The highest BCUT2D eigenvalue weighted by molar-refractivity contribution is 5.83. The van der Waals surface area contributed by atoms with Crippen LogP contribution >= 0.6 is 0 Å². The minimum atomic E-state index is -0.797. The van der Waals surface area contributed by atoms with E-state index in [2.05, 4.69) is 0 Å². The molecule has 0 saturated heterocycles. The number of ketones is 1. The molecule has 1 aliphatic rings. The Labute approximate surface area is 71.8 Å². The average molecular weight is 170 g/mol. The van der Waals surface area contributed by atoms with E-state index in [0.717, 1.165) is 12.8 Å². The number of carbonyl (C=O) groups excluding carboxylic acids is 1. The summed E-state index contributed by atoms with van der Waals surface area (Å²) >= 11 is 0. The standard InChI is InChI=1S/C9H14O3/c1-6(9(11)12)5-7-3-2-4-8(7)10/h6-7H,2-5H2,1H3,(H,11,12). The first kappa shape index (κ1) is 9.23. The molecule has 2 unspecified atom stereocenters. The first-order valence-electron chi connectivity index (χ1n) is 4.36. The molecule has 0 amide bonds. The van der Waals surface area contributed by atoms with E-state index in [0.29, 0.717) is 12.8 Å². The van der Waals surface area contributed by atoms with Crippen molar-refractivity contribution in [3.63, 3.8) is 0 Å². The predicted molar refractivity (Wildman–Crippen MR) is 43.8 cm³/mol. The van der Waals surface area contributed by atoms with Crippen molar-refractivity contribution in [2.75, 3.05) is 0 Å². The summed E-state index contributed by atoms with van der Waals surface area (Å²) in [5.41, 5.74) is 0. The molecule has 1 fully saturated rings. The summed E-state index contributed by atoms with van der Waals surface area (Å²) in [6.45, 7) is 1.66. The monoisotopic (exact) mass is 170 g/mol. The van der Waals surface area contributed by atoms with Crippen LogP contribution in [0.2, 0.25) is 0 Å². The van der Waals surface area contributed by atoms with Gasteiger partial charge in [-0.25, -0.2) is 0 Å². The van der Waals surface area contributed by atoms with Crippen molar-refractivity contribution in [3.05, 3.63) is 0 Å². The minimum Gasteiger partial charge on any atom is -0.481 e. The van der Waals surface area contributed by atoms with Gasteiger partial charge >= 0.3 is 5.97 Å². The zero-order valence-corrected chi connectivity index (χ0v) is 7.25. The molecule has 1 aliphatic carbocycles. The van der Waals surface area contributed by atoms with Crippen LogP contribution in [0.4, 0.5) is 0 Å². The molecule has 0 heterocycles. The maximum atomic E-state index is 11.1. The van der Waals surface area contributed by atoms with E-state index in [-0.39, 0.29) is 17.6 Å². The number of carboxylic acid groups (broad SMARTS) is 1. The van der Waals surface area contributed by atoms with Gasteiger partial charge in [-0.3, -0.25) is 9.59 Å². The number of hydrogen-bond donors (Lipinski definition) is 1. The topological polar surface area (TPSA) is 54.4 Å². The van der Waals surface area contributed by atoms with Crippen LogP contribution in [0, 0.1) is 11.8 Å². The smallest absolute Gasteiger partial charge is 0.306 e. The molecule has 0 bridgehead atoms. The zero-order valence-electron chi connectivity index (χ0n) is 7.25. The van der Waals surface area contributed by atoms with E-state index in [1.807, 2.05) is 0 Å². The highest BCUT2D eigenvalue weighted by Crippen LogP contribution is 2.27. The van der Waals surface area contributed by atoms with E-state index in [4.69, 9.17) is 5.11 Å². The lowest BCUT2D eigenvalue weighted by Gasteiger charge is -2.10. The number of carbonyl (C=O) groups is 2. The van der Waals surface area contributed by atoms with Crippen LogP contribution in [0.5, 0.6) is 0 Å².